The van der Waals surface area contributed by atoms with Gasteiger partial charge in [-0.3, -0.25) is 9.97 Å². The fraction of sp³-hybridized carbons (Fsp3) is 0. The van der Waals surface area contributed by atoms with Crippen molar-refractivity contribution in [2.45, 2.75) is 0 Å². The molecular weight excluding hydrogens is 1590 g/mol. The van der Waals surface area contributed by atoms with Gasteiger partial charge in [-0.2, -0.15) is 0 Å². The molecule has 21 aromatic rings. The fourth-order valence-electron chi connectivity index (χ4n) is 15.4. The van der Waals surface area contributed by atoms with E-state index in [0.29, 0.717) is 5.82 Å². The maximum absolute atomic E-state index is 5.05. The lowest BCUT2D eigenvalue weighted by Crippen LogP contribution is -1.98. The number of halogens is 3. The second kappa shape index (κ2) is 31.3. The molecule has 540 valence electrons. The van der Waals surface area contributed by atoms with Gasteiger partial charge in [0, 0.05) is 103 Å². The Hall–Kier alpha value is -13.6. The third-order valence-corrected chi connectivity index (χ3v) is 22.6. The number of nitrogens with zero attached hydrogens (tertiary/aromatic N) is 9. The summed E-state index contributed by atoms with van der Waals surface area (Å²) in [6, 6.07) is 135. The van der Waals surface area contributed by atoms with Crippen LogP contribution in [-0.4, -0.2) is 43.6 Å². The molecule has 114 heavy (non-hydrogen) atoms. The van der Waals surface area contributed by atoms with Crippen LogP contribution in [-0.2, 0) is 0 Å². The van der Waals surface area contributed by atoms with E-state index in [9.17, 15) is 0 Å². The van der Waals surface area contributed by atoms with E-state index in [1.165, 1.54) is 54.4 Å². The van der Waals surface area contributed by atoms with Gasteiger partial charge in [0.05, 0.1) is 78.7 Å². The number of rotatable bonds is 12. The third kappa shape index (κ3) is 13.9. The van der Waals surface area contributed by atoms with Crippen LogP contribution >= 0.6 is 47.8 Å². The second-order valence-corrected chi connectivity index (χ2v) is 30.3. The van der Waals surface area contributed by atoms with Crippen LogP contribution in [0.1, 0.15) is 0 Å². The Morgan fingerprint density at radius 3 is 0.912 bits per heavy atom. The Bertz CT molecular complexity index is 6660. The summed E-state index contributed by atoms with van der Waals surface area (Å²) in [5, 5.41) is 7.39. The molecule has 0 saturated carbocycles. The predicted molar refractivity (Wildman–Crippen MR) is 481 cm³/mol. The highest BCUT2D eigenvalue weighted by Crippen LogP contribution is 2.42. The van der Waals surface area contributed by atoms with Crippen molar-refractivity contribution in [1.29, 1.82) is 0 Å². The van der Waals surface area contributed by atoms with Crippen LogP contribution in [0.3, 0.4) is 0 Å². The van der Waals surface area contributed by atoms with E-state index in [0.717, 1.165) is 137 Å². The lowest BCUT2D eigenvalue weighted by Gasteiger charge is -2.13. The Morgan fingerprint density at radius 2 is 0.500 bits per heavy atom. The number of fused-ring (bicyclic) bond motifs is 9. The average Bonchev–Trinajstić information content (AvgIpc) is 1.59. The second-order valence-electron chi connectivity index (χ2n) is 27.7. The Balaban J connectivity index is 0.000000115. The summed E-state index contributed by atoms with van der Waals surface area (Å²) in [6.07, 6.45) is 3.59. The van der Waals surface area contributed by atoms with Gasteiger partial charge in [-0.25, -0.2) is 19.9 Å². The summed E-state index contributed by atoms with van der Waals surface area (Å²) in [6.45, 7) is 0. The molecule has 21 rings (SSSR count). The SMILES string of the molecule is Brc1cccc2c3ccccc3n(-c3ccc(-c4cc(-c5ccccn5)nc(-c5ccccn5)c4)cc3)c12.Brc1cccc2c3ccccc3n(-c3cccc(-c4cc(-c5ccccc5)nc(-c5ccccc5)c4)c3)c12.Brc1cccc2c3ccccc3n(-c3cccc(-c4nc(-c5ccccc5)cc(-c5ccccc5)n4)c3)c12. The molecule has 0 aliphatic rings. The van der Waals surface area contributed by atoms with Crippen LogP contribution in [0, 0.1) is 0 Å². The van der Waals surface area contributed by atoms with Crippen molar-refractivity contribution in [3.05, 3.63) is 414 Å². The highest BCUT2D eigenvalue weighted by Gasteiger charge is 2.21. The van der Waals surface area contributed by atoms with Crippen molar-refractivity contribution >= 4 is 113 Å². The standard InChI is InChI=1S/C35H23BrN2.C34H22BrN3.C33H21BrN4/c36-31-19-10-18-30-29-17-7-8-20-34(29)38(35(30)31)28-16-9-15-26(21-28)27-22-32(24-11-3-1-4-12-24)37-33(23-27)25-13-5-2-6-14-25;35-29-19-10-18-28-27-17-7-8-20-32(27)38(33(28)29)26-16-9-15-25(21-26)34-36-30(23-11-3-1-4-12-23)22-31(37-34)24-13-5-2-6-14-24;34-27-10-7-9-26-25-8-1-2-13-32(25)38(33(26)27)24-16-14-22(15-17-24)23-20-30(28-11-3-5-18-35-28)37-31(21-23)29-12-4-6-19-36-29/h1-23H;1-22H;1-21H. The maximum Gasteiger partial charge on any atom is 0.160 e. The van der Waals surface area contributed by atoms with Gasteiger partial charge in [-0.1, -0.05) is 261 Å². The van der Waals surface area contributed by atoms with Gasteiger partial charge in [-0.05, 0) is 197 Å². The van der Waals surface area contributed by atoms with E-state index in [-0.39, 0.29) is 0 Å². The number of hydrogen-bond donors (Lipinski definition) is 0. The van der Waals surface area contributed by atoms with Crippen molar-refractivity contribution in [3.8, 4) is 119 Å². The van der Waals surface area contributed by atoms with Crippen molar-refractivity contribution in [2.75, 3.05) is 0 Å². The van der Waals surface area contributed by atoms with Gasteiger partial charge >= 0.3 is 0 Å². The predicted octanol–water partition coefficient (Wildman–Crippen LogP) is 28.0. The van der Waals surface area contributed by atoms with Crippen LogP contribution in [0.15, 0.2) is 414 Å². The maximum atomic E-state index is 5.05. The highest BCUT2D eigenvalue weighted by molar-refractivity contribution is 9.11. The summed E-state index contributed by atoms with van der Waals surface area (Å²) in [7, 11) is 0. The molecule has 12 heteroatoms. The first-order valence-corrected chi connectivity index (χ1v) is 40.0. The average molecular weight is 1660 g/mol. The summed E-state index contributed by atoms with van der Waals surface area (Å²) >= 11 is 11.4. The molecule has 0 fully saturated rings. The molecule has 0 atom stereocenters. The Morgan fingerprint density at radius 1 is 0.184 bits per heavy atom. The minimum absolute atomic E-state index is 0.701. The Kier molecular flexibility index (Phi) is 19.4. The Labute approximate surface area is 684 Å². The molecule has 0 radical (unpaired) electrons. The van der Waals surface area contributed by atoms with Gasteiger partial charge in [0.1, 0.15) is 0 Å². The number of pyridine rings is 4. The monoisotopic (exact) mass is 1650 g/mol. The van der Waals surface area contributed by atoms with E-state index in [1.807, 2.05) is 84.9 Å². The first kappa shape index (κ1) is 70.7. The number of aromatic nitrogens is 9. The summed E-state index contributed by atoms with van der Waals surface area (Å²) in [4.78, 5) is 29.1. The molecule has 0 aliphatic heterocycles. The minimum atomic E-state index is 0.701. The van der Waals surface area contributed by atoms with Crippen LogP contribution in [0.25, 0.3) is 184 Å². The summed E-state index contributed by atoms with van der Waals surface area (Å²) in [5.41, 5.74) is 27.1. The van der Waals surface area contributed by atoms with Gasteiger partial charge in [-0.15, -0.1) is 0 Å². The molecular formula is C102H66Br3N9. The van der Waals surface area contributed by atoms with Gasteiger partial charge in [0.15, 0.2) is 5.82 Å². The molecule has 0 N–H and O–H groups in total. The normalized spacial score (nSPS) is 11.3. The zero-order valence-electron chi connectivity index (χ0n) is 61.3. The van der Waals surface area contributed by atoms with Crippen molar-refractivity contribution in [1.82, 2.24) is 43.6 Å². The van der Waals surface area contributed by atoms with E-state index in [1.54, 1.807) is 12.4 Å². The zero-order valence-corrected chi connectivity index (χ0v) is 66.0. The highest BCUT2D eigenvalue weighted by atomic mass is 79.9. The van der Waals surface area contributed by atoms with Crippen LogP contribution < -0.4 is 0 Å². The zero-order chi connectivity index (χ0) is 76.4. The molecule has 0 spiro atoms. The molecule has 0 saturated heterocycles. The first-order chi connectivity index (χ1) is 56.3. The molecule has 0 aliphatic carbocycles. The third-order valence-electron chi connectivity index (χ3n) is 20.7. The van der Waals surface area contributed by atoms with E-state index in [2.05, 4.69) is 375 Å². The molecule has 0 unspecified atom stereocenters. The molecule has 0 amide bonds. The lowest BCUT2D eigenvalue weighted by atomic mass is 9.99. The van der Waals surface area contributed by atoms with Crippen molar-refractivity contribution in [3.63, 3.8) is 0 Å². The van der Waals surface area contributed by atoms with Gasteiger partial charge in [0.25, 0.3) is 0 Å². The smallest absolute Gasteiger partial charge is 0.160 e. The number of benzene rings is 13. The van der Waals surface area contributed by atoms with Crippen LogP contribution in [0.4, 0.5) is 0 Å². The largest absolute Gasteiger partial charge is 0.308 e. The number of hydrogen-bond acceptors (Lipinski definition) is 6. The minimum Gasteiger partial charge on any atom is -0.308 e. The van der Waals surface area contributed by atoms with Crippen LogP contribution in [0.5, 0.6) is 0 Å². The van der Waals surface area contributed by atoms with Gasteiger partial charge < -0.3 is 13.7 Å². The first-order valence-electron chi connectivity index (χ1n) is 37.6. The topological polar surface area (TPSA) is 92.1 Å². The molecule has 8 aromatic heterocycles. The van der Waals surface area contributed by atoms with Crippen LogP contribution in [0.2, 0.25) is 0 Å². The molecule has 13 aromatic carbocycles. The summed E-state index contributed by atoms with van der Waals surface area (Å²) < 4.78 is 10.2. The quantitative estimate of drug-likeness (QED) is 0.121. The van der Waals surface area contributed by atoms with Gasteiger partial charge in [0.2, 0.25) is 0 Å². The van der Waals surface area contributed by atoms with E-state index in [4.69, 9.17) is 19.9 Å². The van der Waals surface area contributed by atoms with E-state index < -0.39 is 0 Å². The fourth-order valence-corrected chi connectivity index (χ4v) is 17.1. The van der Waals surface area contributed by atoms with Crippen molar-refractivity contribution in [2.24, 2.45) is 0 Å². The molecule has 8 heterocycles. The molecule has 0 bridgehead atoms. The van der Waals surface area contributed by atoms with E-state index >= 15 is 0 Å². The lowest BCUT2D eigenvalue weighted by molar-refractivity contribution is 1.15. The number of para-hydroxylation sites is 6. The summed E-state index contributed by atoms with van der Waals surface area (Å²) in [5.74, 6) is 0.701. The van der Waals surface area contributed by atoms with Crippen molar-refractivity contribution < 1.29 is 0 Å². The molecule has 9 nitrogen and oxygen atoms in total.